The zero-order chi connectivity index (χ0) is 19.9. The van der Waals surface area contributed by atoms with Crippen LogP contribution in [0.5, 0.6) is 5.75 Å². The van der Waals surface area contributed by atoms with Gasteiger partial charge in [0.05, 0.1) is 23.4 Å². The van der Waals surface area contributed by atoms with Crippen LogP contribution < -0.4 is 4.74 Å². The fraction of sp³-hybridized carbons (Fsp3) is 0.300. The van der Waals surface area contributed by atoms with Gasteiger partial charge in [-0.3, -0.25) is 0 Å². The molecule has 0 aliphatic carbocycles. The van der Waals surface area contributed by atoms with Crippen LogP contribution in [0.2, 0.25) is 0 Å². The van der Waals surface area contributed by atoms with E-state index in [1.807, 2.05) is 0 Å². The Labute approximate surface area is 160 Å². The molecule has 2 aromatic rings. The number of ether oxygens (including phenoxy) is 1. The molecule has 1 aromatic carbocycles. The van der Waals surface area contributed by atoms with E-state index in [0.717, 1.165) is 30.7 Å². The van der Waals surface area contributed by atoms with Crippen molar-refractivity contribution in [3.8, 4) is 23.1 Å². The molecule has 0 fully saturated rings. The van der Waals surface area contributed by atoms with Crippen LogP contribution in [0.25, 0.3) is 11.3 Å². The number of pyridine rings is 1. The van der Waals surface area contributed by atoms with E-state index >= 15 is 0 Å². The normalized spacial score (nSPS) is 11.1. The van der Waals surface area contributed by atoms with Crippen molar-refractivity contribution < 1.29 is 17.9 Å². The Morgan fingerprint density at radius 2 is 2.00 bits per heavy atom. The fourth-order valence-electron chi connectivity index (χ4n) is 2.30. The second-order valence-electron chi connectivity index (χ2n) is 5.67. The number of benzene rings is 1. The molecular weight excluding hydrogens is 373 g/mol. The highest BCUT2D eigenvalue weighted by atomic mass is 32.2. The molecule has 0 aliphatic rings. The number of aromatic nitrogens is 1. The van der Waals surface area contributed by atoms with Crippen LogP contribution in [0.4, 0.5) is 13.2 Å². The van der Waals surface area contributed by atoms with Gasteiger partial charge in [-0.05, 0) is 36.8 Å². The number of rotatable bonds is 8. The average Bonchev–Trinajstić information content (AvgIpc) is 2.65. The molecule has 0 amide bonds. The third kappa shape index (κ3) is 5.51. The zero-order valence-electron chi connectivity index (χ0n) is 14.8. The van der Waals surface area contributed by atoms with Crippen molar-refractivity contribution in [2.24, 2.45) is 0 Å². The minimum Gasteiger partial charge on any atom is -0.494 e. The minimum absolute atomic E-state index is 0.0468. The quantitative estimate of drug-likeness (QED) is 0.309. The van der Waals surface area contributed by atoms with Gasteiger partial charge in [0.25, 0.3) is 0 Å². The van der Waals surface area contributed by atoms with Crippen molar-refractivity contribution in [3.05, 3.63) is 54.1 Å². The fourth-order valence-corrected chi connectivity index (χ4v) is 3.04. The maximum absolute atomic E-state index is 13.4. The summed E-state index contributed by atoms with van der Waals surface area (Å²) in [6.07, 6.45) is -1.15. The number of halogens is 3. The lowest BCUT2D eigenvalue weighted by molar-refractivity contribution is -0.138. The molecule has 1 aromatic heterocycles. The van der Waals surface area contributed by atoms with Crippen molar-refractivity contribution in [1.29, 1.82) is 5.26 Å². The van der Waals surface area contributed by atoms with Gasteiger partial charge in [0.2, 0.25) is 0 Å². The van der Waals surface area contributed by atoms with Crippen molar-refractivity contribution in [3.63, 3.8) is 0 Å². The van der Waals surface area contributed by atoms with Crippen molar-refractivity contribution in [2.45, 2.75) is 31.0 Å². The molecule has 0 bridgehead atoms. The lowest BCUT2D eigenvalue weighted by atomic mass is 10.1. The largest absolute Gasteiger partial charge is 0.494 e. The second kappa shape index (κ2) is 9.47. The van der Waals surface area contributed by atoms with Crippen molar-refractivity contribution in [1.82, 2.24) is 4.98 Å². The zero-order valence-corrected chi connectivity index (χ0v) is 15.7. The highest BCUT2D eigenvalue weighted by Crippen LogP contribution is 2.38. The van der Waals surface area contributed by atoms with Crippen LogP contribution in [0.3, 0.4) is 0 Å². The van der Waals surface area contributed by atoms with Crippen LogP contribution in [-0.2, 0) is 6.18 Å². The molecular formula is C20H19F3N2OS. The van der Waals surface area contributed by atoms with E-state index in [1.54, 1.807) is 36.4 Å². The van der Waals surface area contributed by atoms with Crippen molar-refractivity contribution in [2.75, 3.05) is 12.4 Å². The molecule has 2 rings (SSSR count). The molecule has 3 nitrogen and oxygen atoms in total. The summed E-state index contributed by atoms with van der Waals surface area (Å²) in [5.74, 6) is 1.00. The summed E-state index contributed by atoms with van der Waals surface area (Å²) in [6, 6.07) is 9.29. The highest BCUT2D eigenvalue weighted by molar-refractivity contribution is 7.99. The molecule has 0 saturated carbocycles. The van der Waals surface area contributed by atoms with Crippen LogP contribution in [0.1, 0.15) is 30.9 Å². The number of nitriles is 1. The van der Waals surface area contributed by atoms with E-state index in [0.29, 0.717) is 23.7 Å². The maximum atomic E-state index is 13.4. The first-order chi connectivity index (χ1) is 12.9. The number of thioether (sulfide) groups is 1. The van der Waals surface area contributed by atoms with E-state index in [-0.39, 0.29) is 10.7 Å². The van der Waals surface area contributed by atoms with Gasteiger partial charge in [0.15, 0.2) is 0 Å². The summed E-state index contributed by atoms with van der Waals surface area (Å²) in [7, 11) is 0. The van der Waals surface area contributed by atoms with Gasteiger partial charge in [-0.25, -0.2) is 4.98 Å². The van der Waals surface area contributed by atoms with Gasteiger partial charge in [0.1, 0.15) is 16.8 Å². The third-order valence-electron chi connectivity index (χ3n) is 3.66. The Kier molecular flexibility index (Phi) is 7.31. The second-order valence-corrected chi connectivity index (χ2v) is 6.68. The highest BCUT2D eigenvalue weighted by Gasteiger charge is 2.36. The Morgan fingerprint density at radius 3 is 2.56 bits per heavy atom. The molecule has 0 atom stereocenters. The van der Waals surface area contributed by atoms with Crippen LogP contribution >= 0.6 is 11.8 Å². The van der Waals surface area contributed by atoms with E-state index in [1.165, 1.54) is 0 Å². The van der Waals surface area contributed by atoms with E-state index in [9.17, 15) is 18.4 Å². The Bertz CT molecular complexity index is 827. The first-order valence-electron chi connectivity index (χ1n) is 8.40. The number of unbranched alkanes of at least 4 members (excludes halogenated alkanes) is 1. The van der Waals surface area contributed by atoms with Gasteiger partial charge >= 0.3 is 6.18 Å². The molecule has 27 heavy (non-hydrogen) atoms. The monoisotopic (exact) mass is 392 g/mol. The maximum Gasteiger partial charge on any atom is 0.417 e. The lowest BCUT2D eigenvalue weighted by Gasteiger charge is -2.14. The molecule has 142 valence electrons. The van der Waals surface area contributed by atoms with E-state index < -0.39 is 17.3 Å². The van der Waals surface area contributed by atoms with Crippen molar-refractivity contribution >= 4 is 11.8 Å². The SMILES string of the molecule is C=CCSc1nc(-c2ccc(OCCCC)cc2)cc(C(F)(F)F)c1C#N. The van der Waals surface area contributed by atoms with Gasteiger partial charge in [-0.2, -0.15) is 18.4 Å². The van der Waals surface area contributed by atoms with Gasteiger partial charge in [-0.1, -0.05) is 19.4 Å². The smallest absolute Gasteiger partial charge is 0.417 e. The molecule has 0 N–H and O–H groups in total. The predicted molar refractivity (Wildman–Crippen MR) is 101 cm³/mol. The van der Waals surface area contributed by atoms with Crippen LogP contribution in [0.15, 0.2) is 48.0 Å². The summed E-state index contributed by atoms with van der Waals surface area (Å²) >= 11 is 1.05. The summed E-state index contributed by atoms with van der Waals surface area (Å²) < 4.78 is 45.9. The molecule has 0 radical (unpaired) electrons. The summed E-state index contributed by atoms with van der Waals surface area (Å²) in [5, 5.41) is 9.26. The number of hydrogen-bond acceptors (Lipinski definition) is 4. The van der Waals surface area contributed by atoms with Crippen LogP contribution in [0, 0.1) is 11.3 Å². The first-order valence-corrected chi connectivity index (χ1v) is 9.38. The predicted octanol–water partition coefficient (Wildman–Crippen LogP) is 6.10. The third-order valence-corrected chi connectivity index (χ3v) is 4.63. The molecule has 0 saturated heterocycles. The molecule has 7 heteroatoms. The topological polar surface area (TPSA) is 45.9 Å². The Balaban J connectivity index is 2.43. The first kappa shape index (κ1) is 20.8. The summed E-state index contributed by atoms with van der Waals surface area (Å²) in [6.45, 7) is 6.20. The number of nitrogens with zero attached hydrogens (tertiary/aromatic N) is 2. The summed E-state index contributed by atoms with van der Waals surface area (Å²) in [5.41, 5.74) is -0.760. The molecule has 0 unspecified atom stereocenters. The minimum atomic E-state index is -4.64. The molecule has 0 aliphatic heterocycles. The number of alkyl halides is 3. The molecule has 1 heterocycles. The Morgan fingerprint density at radius 1 is 1.30 bits per heavy atom. The van der Waals surface area contributed by atoms with Gasteiger partial charge in [-0.15, -0.1) is 18.3 Å². The standard InChI is InChI=1S/C20H19F3N2OS/c1-3-5-10-26-15-8-6-14(7-9-15)18-12-17(20(21,22)23)16(13-24)19(25-18)27-11-4-2/h4,6-9,12H,2-3,5,10-11H2,1H3. The van der Waals surface area contributed by atoms with Gasteiger partial charge in [0, 0.05) is 11.3 Å². The Hall–Kier alpha value is -2.46. The summed E-state index contributed by atoms with van der Waals surface area (Å²) in [4.78, 5) is 4.28. The van der Waals surface area contributed by atoms with Crippen LogP contribution in [-0.4, -0.2) is 17.3 Å². The van der Waals surface area contributed by atoms with E-state index in [2.05, 4.69) is 18.5 Å². The number of hydrogen-bond donors (Lipinski definition) is 0. The lowest BCUT2D eigenvalue weighted by Crippen LogP contribution is -2.10. The van der Waals surface area contributed by atoms with Gasteiger partial charge < -0.3 is 4.74 Å². The van der Waals surface area contributed by atoms with E-state index in [4.69, 9.17) is 4.74 Å². The average molecular weight is 392 g/mol. The molecule has 0 spiro atoms.